The molecule has 2 amide bonds. The van der Waals surface area contributed by atoms with Crippen molar-refractivity contribution >= 4 is 17.5 Å². The van der Waals surface area contributed by atoms with Gasteiger partial charge in [-0.1, -0.05) is 6.07 Å². The monoisotopic (exact) mass is 420 g/mol. The highest BCUT2D eigenvalue weighted by molar-refractivity contribution is 5.95. The molecule has 0 aliphatic carbocycles. The highest BCUT2D eigenvalue weighted by atomic mass is 16.6. The molecule has 0 fully saturated rings. The van der Waals surface area contributed by atoms with Crippen molar-refractivity contribution < 1.29 is 28.4 Å². The summed E-state index contributed by atoms with van der Waals surface area (Å²) in [4.78, 5) is 41.1. The molecule has 2 rings (SSSR count). The third kappa shape index (κ3) is 6.09. The van der Waals surface area contributed by atoms with Crippen molar-refractivity contribution in [1.29, 1.82) is 0 Å². The van der Waals surface area contributed by atoms with Crippen LogP contribution in [0.3, 0.4) is 0 Å². The van der Waals surface area contributed by atoms with Crippen molar-refractivity contribution in [2.24, 2.45) is 0 Å². The zero-order valence-corrected chi connectivity index (χ0v) is 17.0. The maximum absolute atomic E-state index is 12.9. The van der Waals surface area contributed by atoms with E-state index in [1.807, 2.05) is 0 Å². The van der Waals surface area contributed by atoms with Crippen LogP contribution >= 0.6 is 0 Å². The first-order valence-corrected chi connectivity index (χ1v) is 9.12. The lowest BCUT2D eigenvalue weighted by atomic mass is 10.1. The lowest BCUT2D eigenvalue weighted by molar-refractivity contribution is -0.385. The predicted molar refractivity (Wildman–Crippen MR) is 105 cm³/mol. The van der Waals surface area contributed by atoms with Crippen LogP contribution in [0.15, 0.2) is 28.9 Å². The van der Waals surface area contributed by atoms with Gasteiger partial charge in [-0.15, -0.1) is 0 Å². The van der Waals surface area contributed by atoms with Gasteiger partial charge in [-0.25, -0.2) is 4.98 Å². The number of oxazole rings is 1. The lowest BCUT2D eigenvalue weighted by Crippen LogP contribution is -2.33. The minimum absolute atomic E-state index is 0.0325. The molecule has 0 radical (unpaired) electrons. The Hall–Kier alpha value is -3.31. The first kappa shape index (κ1) is 23.0. The zero-order chi connectivity index (χ0) is 22.1. The van der Waals surface area contributed by atoms with E-state index in [1.165, 1.54) is 43.6 Å². The Bertz CT molecular complexity index is 897. The van der Waals surface area contributed by atoms with Crippen LogP contribution in [-0.4, -0.2) is 67.1 Å². The van der Waals surface area contributed by atoms with Crippen LogP contribution in [0.25, 0.3) is 0 Å². The summed E-state index contributed by atoms with van der Waals surface area (Å²) in [7, 11) is 3.02. The maximum atomic E-state index is 12.9. The predicted octanol–water partition coefficient (Wildman–Crippen LogP) is 1.56. The van der Waals surface area contributed by atoms with E-state index in [4.69, 9.17) is 13.9 Å². The van der Waals surface area contributed by atoms with E-state index in [0.29, 0.717) is 18.7 Å². The molecule has 0 saturated carbocycles. The largest absolute Gasteiger partial charge is 0.446 e. The summed E-state index contributed by atoms with van der Waals surface area (Å²) in [6, 6.07) is 4.28. The highest BCUT2D eigenvalue weighted by Crippen LogP contribution is 2.21. The Morgan fingerprint density at radius 1 is 1.27 bits per heavy atom. The van der Waals surface area contributed by atoms with E-state index >= 15 is 0 Å². The summed E-state index contributed by atoms with van der Waals surface area (Å²) in [5, 5.41) is 13.8. The van der Waals surface area contributed by atoms with Crippen molar-refractivity contribution in [3.8, 4) is 0 Å². The van der Waals surface area contributed by atoms with Crippen molar-refractivity contribution in [2.45, 2.75) is 13.5 Å². The van der Waals surface area contributed by atoms with Gasteiger partial charge in [-0.05, 0) is 13.0 Å². The number of carbonyl (C=O) groups is 2. The highest BCUT2D eigenvalue weighted by Gasteiger charge is 2.22. The first-order chi connectivity index (χ1) is 14.4. The normalized spacial score (nSPS) is 10.6. The van der Waals surface area contributed by atoms with Gasteiger partial charge in [0.05, 0.1) is 24.7 Å². The number of hydrogen-bond donors (Lipinski definition) is 1. The average molecular weight is 420 g/mol. The minimum Gasteiger partial charge on any atom is -0.446 e. The molecule has 1 aromatic carbocycles. The third-order valence-corrected chi connectivity index (χ3v) is 4.21. The van der Waals surface area contributed by atoms with Crippen LogP contribution < -0.4 is 5.32 Å². The van der Waals surface area contributed by atoms with Crippen molar-refractivity contribution in [3.05, 3.63) is 57.3 Å². The maximum Gasteiger partial charge on any atom is 0.273 e. The summed E-state index contributed by atoms with van der Waals surface area (Å²) in [5.74, 6) is -0.719. The molecular weight excluding hydrogens is 396 g/mol. The molecule has 1 heterocycles. The number of methoxy groups -OCH3 is 2. The number of hydrogen-bond acceptors (Lipinski definition) is 8. The Morgan fingerprint density at radius 2 is 2.00 bits per heavy atom. The molecule has 11 nitrogen and oxygen atoms in total. The van der Waals surface area contributed by atoms with Crippen LogP contribution in [0.4, 0.5) is 5.69 Å². The molecule has 0 aliphatic rings. The van der Waals surface area contributed by atoms with Gasteiger partial charge in [-0.3, -0.25) is 19.7 Å². The van der Waals surface area contributed by atoms with Gasteiger partial charge < -0.3 is 24.1 Å². The van der Waals surface area contributed by atoms with Crippen LogP contribution in [0.5, 0.6) is 0 Å². The minimum atomic E-state index is -0.534. The summed E-state index contributed by atoms with van der Waals surface area (Å²) in [6.45, 7) is 2.69. The average Bonchev–Trinajstić information content (AvgIpc) is 3.19. The van der Waals surface area contributed by atoms with Gasteiger partial charge >= 0.3 is 0 Å². The Balaban J connectivity index is 2.16. The molecule has 0 atom stereocenters. The topological polar surface area (TPSA) is 137 Å². The zero-order valence-electron chi connectivity index (χ0n) is 17.0. The van der Waals surface area contributed by atoms with E-state index in [0.717, 1.165) is 0 Å². The molecule has 30 heavy (non-hydrogen) atoms. The van der Waals surface area contributed by atoms with Crippen LogP contribution in [0.2, 0.25) is 0 Å². The summed E-state index contributed by atoms with van der Waals surface area (Å²) in [5.41, 5.74) is 0.550. The van der Waals surface area contributed by atoms with Gasteiger partial charge in [0.2, 0.25) is 5.89 Å². The SMILES string of the molecule is COCCNC(=O)c1coc(CN(CCOC)C(=O)c2ccc(C)c([N+](=O)[O-])c2)n1. The van der Waals surface area contributed by atoms with E-state index in [9.17, 15) is 19.7 Å². The van der Waals surface area contributed by atoms with E-state index in [-0.39, 0.29) is 42.5 Å². The number of nitrogens with zero attached hydrogens (tertiary/aromatic N) is 3. The number of aromatic nitrogens is 1. The number of ether oxygens (including phenoxy) is 2. The molecule has 0 bridgehead atoms. The molecular formula is C19H24N4O7. The molecule has 11 heteroatoms. The number of amides is 2. The third-order valence-electron chi connectivity index (χ3n) is 4.21. The fourth-order valence-electron chi connectivity index (χ4n) is 2.58. The summed E-state index contributed by atoms with van der Waals surface area (Å²) < 4.78 is 15.2. The van der Waals surface area contributed by atoms with Gasteiger partial charge in [-0.2, -0.15) is 0 Å². The number of carbonyl (C=O) groups excluding carboxylic acids is 2. The summed E-state index contributed by atoms with van der Waals surface area (Å²) in [6.07, 6.45) is 1.20. The molecule has 0 unspecified atom stereocenters. The molecule has 1 N–H and O–H groups in total. The number of nitro groups is 1. The van der Waals surface area contributed by atoms with Crippen LogP contribution in [0, 0.1) is 17.0 Å². The lowest BCUT2D eigenvalue weighted by Gasteiger charge is -2.21. The van der Waals surface area contributed by atoms with Gasteiger partial charge in [0.1, 0.15) is 6.26 Å². The number of nitrogens with one attached hydrogen (secondary N) is 1. The molecule has 0 saturated heterocycles. The van der Waals surface area contributed by atoms with Gasteiger partial charge in [0, 0.05) is 44.5 Å². The Labute approximate surface area is 173 Å². The fraction of sp³-hybridized carbons (Fsp3) is 0.421. The fourth-order valence-corrected chi connectivity index (χ4v) is 2.58. The number of nitro benzene ring substituents is 1. The van der Waals surface area contributed by atoms with Crippen molar-refractivity contribution in [1.82, 2.24) is 15.2 Å². The van der Waals surface area contributed by atoms with E-state index in [1.54, 1.807) is 6.92 Å². The van der Waals surface area contributed by atoms with E-state index < -0.39 is 16.7 Å². The molecule has 0 spiro atoms. The Morgan fingerprint density at radius 3 is 2.67 bits per heavy atom. The van der Waals surface area contributed by atoms with Crippen LogP contribution in [-0.2, 0) is 16.0 Å². The van der Waals surface area contributed by atoms with Crippen molar-refractivity contribution in [3.63, 3.8) is 0 Å². The quantitative estimate of drug-likeness (QED) is 0.328. The Kier molecular flexibility index (Phi) is 8.44. The number of rotatable bonds is 11. The molecule has 1 aromatic heterocycles. The van der Waals surface area contributed by atoms with Crippen molar-refractivity contribution in [2.75, 3.05) is 40.5 Å². The number of aryl methyl sites for hydroxylation is 1. The number of benzene rings is 1. The standard InChI is InChI=1S/C19H24N4O7/c1-13-4-5-14(10-16(13)23(26)27)19(25)22(7-9-29-3)11-17-21-15(12-30-17)18(24)20-6-8-28-2/h4-5,10,12H,6-9,11H2,1-3H3,(H,20,24). The second-order valence-electron chi connectivity index (χ2n) is 6.35. The molecule has 2 aromatic rings. The second-order valence-corrected chi connectivity index (χ2v) is 6.35. The molecule has 0 aliphatic heterocycles. The van der Waals surface area contributed by atoms with Gasteiger partial charge in [0.15, 0.2) is 5.69 Å². The smallest absolute Gasteiger partial charge is 0.273 e. The summed E-state index contributed by atoms with van der Waals surface area (Å²) >= 11 is 0. The second kappa shape index (κ2) is 11.0. The van der Waals surface area contributed by atoms with Gasteiger partial charge in [0.25, 0.3) is 17.5 Å². The van der Waals surface area contributed by atoms with E-state index in [2.05, 4.69) is 10.3 Å². The van der Waals surface area contributed by atoms with Crippen LogP contribution in [0.1, 0.15) is 32.3 Å². The molecule has 162 valence electrons. The first-order valence-electron chi connectivity index (χ1n) is 9.12.